The van der Waals surface area contributed by atoms with Gasteiger partial charge in [-0.3, -0.25) is 4.79 Å². The first kappa shape index (κ1) is 12.2. The smallest absolute Gasteiger partial charge is 0.237 e. The van der Waals surface area contributed by atoms with Gasteiger partial charge in [-0.25, -0.2) is 0 Å². The molecule has 1 aromatic rings. The normalized spacial score (nSPS) is 17.5. The first-order valence-corrected chi connectivity index (χ1v) is 6.29. The Morgan fingerprint density at radius 1 is 1.59 bits per heavy atom. The van der Waals surface area contributed by atoms with Crippen LogP contribution >= 0.6 is 0 Å². The van der Waals surface area contributed by atoms with E-state index in [0.29, 0.717) is 6.54 Å². The molecule has 2 N–H and O–H groups in total. The van der Waals surface area contributed by atoms with Gasteiger partial charge in [-0.2, -0.15) is 0 Å². The lowest BCUT2D eigenvalue weighted by molar-refractivity contribution is -0.123. The highest BCUT2D eigenvalue weighted by Crippen LogP contribution is 2.25. The summed E-state index contributed by atoms with van der Waals surface area (Å²) in [5, 5.41) is 6.12. The number of furan rings is 1. The van der Waals surface area contributed by atoms with Crippen molar-refractivity contribution in [2.75, 3.05) is 6.54 Å². The third-order valence-corrected chi connectivity index (χ3v) is 3.35. The maximum atomic E-state index is 11.7. The molecule has 1 aliphatic carbocycles. The zero-order valence-electron chi connectivity index (χ0n) is 10.2. The standard InChI is InChI=1S/C13H20N2O2/c1-10(14-8-11-4-2-5-11)13(16)15-9-12-6-3-7-17-12/h3,6-7,10-11,14H,2,4-5,8-9H2,1H3,(H,15,16). The van der Waals surface area contributed by atoms with Crippen LogP contribution in [0.2, 0.25) is 0 Å². The fraction of sp³-hybridized carbons (Fsp3) is 0.615. The monoisotopic (exact) mass is 236 g/mol. The molecule has 1 atom stereocenters. The van der Waals surface area contributed by atoms with Gasteiger partial charge in [-0.05, 0) is 44.4 Å². The molecule has 17 heavy (non-hydrogen) atoms. The second-order valence-electron chi connectivity index (χ2n) is 4.72. The molecule has 1 fully saturated rings. The SMILES string of the molecule is CC(NCC1CCC1)C(=O)NCc1ccco1. The molecule has 0 spiro atoms. The Hall–Kier alpha value is -1.29. The molecule has 0 radical (unpaired) electrons. The van der Waals surface area contributed by atoms with Gasteiger partial charge in [0.25, 0.3) is 0 Å². The molecular formula is C13H20N2O2. The van der Waals surface area contributed by atoms with Crippen LogP contribution in [0.15, 0.2) is 22.8 Å². The highest BCUT2D eigenvalue weighted by molar-refractivity contribution is 5.81. The zero-order valence-corrected chi connectivity index (χ0v) is 10.2. The van der Waals surface area contributed by atoms with Crippen molar-refractivity contribution in [1.29, 1.82) is 0 Å². The van der Waals surface area contributed by atoms with E-state index < -0.39 is 0 Å². The Bertz CT molecular complexity index is 344. The van der Waals surface area contributed by atoms with Crippen molar-refractivity contribution in [3.8, 4) is 0 Å². The molecule has 1 amide bonds. The third-order valence-electron chi connectivity index (χ3n) is 3.35. The maximum absolute atomic E-state index is 11.7. The molecule has 4 heteroatoms. The number of hydrogen-bond acceptors (Lipinski definition) is 3. The summed E-state index contributed by atoms with van der Waals surface area (Å²) in [6.45, 7) is 3.31. The number of hydrogen-bond donors (Lipinski definition) is 2. The Morgan fingerprint density at radius 3 is 3.00 bits per heavy atom. The van der Waals surface area contributed by atoms with E-state index in [-0.39, 0.29) is 11.9 Å². The largest absolute Gasteiger partial charge is 0.467 e. The van der Waals surface area contributed by atoms with Crippen molar-refractivity contribution in [2.45, 2.75) is 38.8 Å². The molecule has 0 aromatic carbocycles. The lowest BCUT2D eigenvalue weighted by Gasteiger charge is -2.27. The van der Waals surface area contributed by atoms with Crippen molar-refractivity contribution in [1.82, 2.24) is 10.6 Å². The first-order valence-electron chi connectivity index (χ1n) is 6.29. The van der Waals surface area contributed by atoms with Crippen LogP contribution < -0.4 is 10.6 Å². The number of carbonyl (C=O) groups excluding carboxylic acids is 1. The summed E-state index contributed by atoms with van der Waals surface area (Å²) < 4.78 is 5.15. The van der Waals surface area contributed by atoms with E-state index in [2.05, 4.69) is 10.6 Å². The van der Waals surface area contributed by atoms with Gasteiger partial charge in [0.05, 0.1) is 18.8 Å². The fourth-order valence-electron chi connectivity index (χ4n) is 1.87. The van der Waals surface area contributed by atoms with Gasteiger partial charge in [-0.15, -0.1) is 0 Å². The summed E-state index contributed by atoms with van der Waals surface area (Å²) in [4.78, 5) is 11.7. The minimum Gasteiger partial charge on any atom is -0.467 e. The van der Waals surface area contributed by atoms with E-state index in [1.54, 1.807) is 6.26 Å². The van der Waals surface area contributed by atoms with Crippen LogP contribution in [0.5, 0.6) is 0 Å². The van der Waals surface area contributed by atoms with Crippen LogP contribution in [-0.2, 0) is 11.3 Å². The molecule has 1 aromatic heterocycles. The Morgan fingerprint density at radius 2 is 2.41 bits per heavy atom. The molecular weight excluding hydrogens is 216 g/mol. The predicted octanol–water partition coefficient (Wildman–Crippen LogP) is 1.67. The van der Waals surface area contributed by atoms with Gasteiger partial charge >= 0.3 is 0 Å². The molecule has 1 saturated carbocycles. The quantitative estimate of drug-likeness (QED) is 0.790. The number of amides is 1. The summed E-state index contributed by atoms with van der Waals surface area (Å²) >= 11 is 0. The minimum atomic E-state index is -0.134. The van der Waals surface area contributed by atoms with Crippen LogP contribution in [0.25, 0.3) is 0 Å². The molecule has 2 rings (SSSR count). The summed E-state index contributed by atoms with van der Waals surface area (Å²) in [5.41, 5.74) is 0. The highest BCUT2D eigenvalue weighted by Gasteiger charge is 2.19. The Kier molecular flexibility index (Phi) is 4.20. The lowest BCUT2D eigenvalue weighted by Crippen LogP contribution is -2.44. The first-order chi connectivity index (χ1) is 8.25. The van der Waals surface area contributed by atoms with Gasteiger partial charge in [0.15, 0.2) is 0 Å². The van der Waals surface area contributed by atoms with Crippen molar-refractivity contribution >= 4 is 5.91 Å². The number of nitrogens with one attached hydrogen (secondary N) is 2. The number of rotatable bonds is 6. The van der Waals surface area contributed by atoms with Gasteiger partial charge < -0.3 is 15.1 Å². The average molecular weight is 236 g/mol. The van der Waals surface area contributed by atoms with E-state index in [1.807, 2.05) is 19.1 Å². The molecule has 0 aliphatic heterocycles. The molecule has 94 valence electrons. The fourth-order valence-corrected chi connectivity index (χ4v) is 1.87. The lowest BCUT2D eigenvalue weighted by atomic mass is 9.85. The van der Waals surface area contributed by atoms with Gasteiger partial charge in [0, 0.05) is 0 Å². The van der Waals surface area contributed by atoms with Crippen molar-refractivity contribution < 1.29 is 9.21 Å². The van der Waals surface area contributed by atoms with E-state index in [9.17, 15) is 4.79 Å². The molecule has 1 aliphatic rings. The maximum Gasteiger partial charge on any atom is 0.237 e. The van der Waals surface area contributed by atoms with Crippen molar-refractivity contribution in [2.24, 2.45) is 5.92 Å². The molecule has 1 heterocycles. The second-order valence-corrected chi connectivity index (χ2v) is 4.72. The molecule has 0 bridgehead atoms. The third kappa shape index (κ3) is 3.60. The van der Waals surface area contributed by atoms with Crippen LogP contribution in [-0.4, -0.2) is 18.5 Å². The second kappa shape index (κ2) is 5.87. The van der Waals surface area contributed by atoms with E-state index in [0.717, 1.165) is 18.2 Å². The van der Waals surface area contributed by atoms with Crippen LogP contribution in [0.1, 0.15) is 31.9 Å². The summed E-state index contributed by atoms with van der Waals surface area (Å²) in [6, 6.07) is 3.54. The Labute approximate surface area is 102 Å². The molecule has 4 nitrogen and oxygen atoms in total. The highest BCUT2D eigenvalue weighted by atomic mass is 16.3. The van der Waals surface area contributed by atoms with Crippen molar-refractivity contribution in [3.05, 3.63) is 24.2 Å². The van der Waals surface area contributed by atoms with Gasteiger partial charge in [-0.1, -0.05) is 6.42 Å². The minimum absolute atomic E-state index is 0.0284. The van der Waals surface area contributed by atoms with Gasteiger partial charge in [0.2, 0.25) is 5.91 Å². The summed E-state index contributed by atoms with van der Waals surface area (Å²) in [7, 11) is 0. The zero-order chi connectivity index (χ0) is 12.1. The van der Waals surface area contributed by atoms with Crippen LogP contribution in [0.4, 0.5) is 0 Å². The predicted molar refractivity (Wildman–Crippen MR) is 65.4 cm³/mol. The topological polar surface area (TPSA) is 54.3 Å². The number of carbonyl (C=O) groups is 1. The van der Waals surface area contributed by atoms with Gasteiger partial charge in [0.1, 0.15) is 5.76 Å². The molecule has 0 saturated heterocycles. The van der Waals surface area contributed by atoms with Crippen LogP contribution in [0, 0.1) is 5.92 Å². The van der Waals surface area contributed by atoms with Crippen LogP contribution in [0.3, 0.4) is 0 Å². The average Bonchev–Trinajstić information content (AvgIpc) is 2.76. The van der Waals surface area contributed by atoms with E-state index in [1.165, 1.54) is 19.3 Å². The molecule has 1 unspecified atom stereocenters. The Balaban J connectivity index is 1.64. The van der Waals surface area contributed by atoms with Crippen molar-refractivity contribution in [3.63, 3.8) is 0 Å². The van der Waals surface area contributed by atoms with E-state index >= 15 is 0 Å². The summed E-state index contributed by atoms with van der Waals surface area (Å²) in [5.74, 6) is 1.58. The van der Waals surface area contributed by atoms with E-state index in [4.69, 9.17) is 4.42 Å². The summed E-state index contributed by atoms with van der Waals surface area (Å²) in [6.07, 6.45) is 5.55.